The van der Waals surface area contributed by atoms with Gasteiger partial charge >= 0.3 is 5.97 Å². The molecule has 0 aromatic rings. The molecule has 1 aliphatic heterocycles. The second kappa shape index (κ2) is 4.10. The molecule has 1 saturated carbocycles. The van der Waals surface area contributed by atoms with Crippen molar-refractivity contribution in [2.45, 2.75) is 31.3 Å². The lowest BCUT2D eigenvalue weighted by Crippen LogP contribution is -2.46. The zero-order valence-corrected chi connectivity index (χ0v) is 9.52. The van der Waals surface area contributed by atoms with Gasteiger partial charge in [0.25, 0.3) is 0 Å². The first-order valence-electron chi connectivity index (χ1n) is 5.73. The fourth-order valence-electron chi connectivity index (χ4n) is 2.64. The Morgan fingerprint density at radius 3 is 2.53 bits per heavy atom. The number of hydrogen-bond donors (Lipinski definition) is 1. The van der Waals surface area contributed by atoms with Crippen LogP contribution in [-0.4, -0.2) is 60.1 Å². The van der Waals surface area contributed by atoms with Gasteiger partial charge in [0.05, 0.1) is 0 Å². The summed E-state index contributed by atoms with van der Waals surface area (Å²) in [4.78, 5) is 15.6. The molecule has 2 atom stereocenters. The van der Waals surface area contributed by atoms with E-state index in [0.717, 1.165) is 19.5 Å². The van der Waals surface area contributed by atoms with Crippen LogP contribution in [0.15, 0.2) is 0 Å². The first kappa shape index (κ1) is 10.9. The number of carboxylic acids is 1. The van der Waals surface area contributed by atoms with Crippen molar-refractivity contribution >= 4 is 5.97 Å². The summed E-state index contributed by atoms with van der Waals surface area (Å²) in [6.45, 7) is 1.96. The maximum absolute atomic E-state index is 11.3. The summed E-state index contributed by atoms with van der Waals surface area (Å²) in [6, 6.07) is 0.249. The van der Waals surface area contributed by atoms with Gasteiger partial charge in [-0.2, -0.15) is 0 Å². The monoisotopic (exact) mass is 212 g/mol. The van der Waals surface area contributed by atoms with Crippen LogP contribution in [0.5, 0.6) is 0 Å². The fourth-order valence-corrected chi connectivity index (χ4v) is 2.64. The highest BCUT2D eigenvalue weighted by Gasteiger charge is 2.40. The average molecular weight is 212 g/mol. The van der Waals surface area contributed by atoms with Gasteiger partial charge in [0, 0.05) is 12.6 Å². The van der Waals surface area contributed by atoms with Gasteiger partial charge in [-0.05, 0) is 45.8 Å². The van der Waals surface area contributed by atoms with Crippen molar-refractivity contribution in [2.24, 2.45) is 5.92 Å². The number of likely N-dealkylation sites (N-methyl/N-ethyl adjacent to an activating group) is 1. The molecule has 1 aliphatic carbocycles. The van der Waals surface area contributed by atoms with Gasteiger partial charge < -0.3 is 10.0 Å². The number of carboxylic acid groups (broad SMARTS) is 1. The summed E-state index contributed by atoms with van der Waals surface area (Å²) in [5.41, 5.74) is 0. The molecule has 0 spiro atoms. The summed E-state index contributed by atoms with van der Waals surface area (Å²) >= 11 is 0. The maximum atomic E-state index is 11.3. The third kappa shape index (κ3) is 2.32. The van der Waals surface area contributed by atoms with Crippen molar-refractivity contribution in [3.63, 3.8) is 0 Å². The zero-order chi connectivity index (χ0) is 11.0. The van der Waals surface area contributed by atoms with Crippen molar-refractivity contribution in [1.29, 1.82) is 0 Å². The number of carbonyl (C=O) groups is 1. The van der Waals surface area contributed by atoms with Gasteiger partial charge in [-0.15, -0.1) is 0 Å². The van der Waals surface area contributed by atoms with E-state index >= 15 is 0 Å². The van der Waals surface area contributed by atoms with E-state index < -0.39 is 5.97 Å². The lowest BCUT2D eigenvalue weighted by molar-refractivity contribution is -0.145. The number of aliphatic carboxylic acids is 1. The van der Waals surface area contributed by atoms with E-state index in [1.807, 2.05) is 7.05 Å². The van der Waals surface area contributed by atoms with E-state index in [-0.39, 0.29) is 6.04 Å². The fraction of sp³-hybridized carbons (Fsp3) is 0.909. The summed E-state index contributed by atoms with van der Waals surface area (Å²) in [5.74, 6) is -0.345. The van der Waals surface area contributed by atoms with Crippen LogP contribution in [0.25, 0.3) is 0 Å². The third-order valence-corrected chi connectivity index (χ3v) is 3.69. The van der Waals surface area contributed by atoms with E-state index in [0.29, 0.717) is 12.0 Å². The number of hydrogen-bond acceptors (Lipinski definition) is 3. The van der Waals surface area contributed by atoms with Crippen LogP contribution in [0.2, 0.25) is 0 Å². The summed E-state index contributed by atoms with van der Waals surface area (Å²) < 4.78 is 0. The lowest BCUT2D eigenvalue weighted by atomic mass is 9.97. The molecule has 1 saturated heterocycles. The predicted molar refractivity (Wildman–Crippen MR) is 57.8 cm³/mol. The van der Waals surface area contributed by atoms with Crippen LogP contribution < -0.4 is 0 Å². The molecule has 2 aliphatic rings. The Morgan fingerprint density at radius 2 is 2.13 bits per heavy atom. The minimum absolute atomic E-state index is 0.276. The molecule has 86 valence electrons. The second-order valence-corrected chi connectivity index (χ2v) is 4.99. The Bertz CT molecular complexity index is 253. The van der Waals surface area contributed by atoms with Crippen LogP contribution in [0.4, 0.5) is 0 Å². The molecule has 0 aromatic heterocycles. The molecule has 0 aromatic carbocycles. The molecule has 4 heteroatoms. The SMILES string of the molecule is CN1CCC(C(C(=O)O)N(C)C2CC2)C1. The van der Waals surface area contributed by atoms with Crippen molar-refractivity contribution in [1.82, 2.24) is 9.80 Å². The first-order valence-corrected chi connectivity index (χ1v) is 5.73. The van der Waals surface area contributed by atoms with Gasteiger partial charge in [0.2, 0.25) is 0 Å². The highest BCUT2D eigenvalue weighted by molar-refractivity contribution is 5.74. The number of likely N-dealkylation sites (tertiary alicyclic amines) is 1. The third-order valence-electron chi connectivity index (χ3n) is 3.69. The highest BCUT2D eigenvalue weighted by Crippen LogP contribution is 2.31. The second-order valence-electron chi connectivity index (χ2n) is 4.99. The van der Waals surface area contributed by atoms with E-state index in [1.165, 1.54) is 12.8 Å². The minimum Gasteiger partial charge on any atom is -0.480 e. The van der Waals surface area contributed by atoms with Crippen molar-refractivity contribution < 1.29 is 9.90 Å². The lowest BCUT2D eigenvalue weighted by Gasteiger charge is -2.29. The summed E-state index contributed by atoms with van der Waals surface area (Å²) in [5, 5.41) is 9.31. The van der Waals surface area contributed by atoms with Crippen LogP contribution in [0, 0.1) is 5.92 Å². The van der Waals surface area contributed by atoms with E-state index in [1.54, 1.807) is 0 Å². The van der Waals surface area contributed by atoms with E-state index in [4.69, 9.17) is 0 Å². The molecule has 0 radical (unpaired) electrons. The van der Waals surface area contributed by atoms with Crippen molar-refractivity contribution in [3.8, 4) is 0 Å². The number of nitrogens with zero attached hydrogens (tertiary/aromatic N) is 2. The quantitative estimate of drug-likeness (QED) is 0.736. The largest absolute Gasteiger partial charge is 0.480 e. The van der Waals surface area contributed by atoms with Crippen molar-refractivity contribution in [2.75, 3.05) is 27.2 Å². The molecule has 1 heterocycles. The van der Waals surface area contributed by atoms with E-state index in [2.05, 4.69) is 16.8 Å². The predicted octanol–water partition coefficient (Wildman–Crippen LogP) is 0.486. The smallest absolute Gasteiger partial charge is 0.321 e. The molecule has 1 N–H and O–H groups in total. The molecular weight excluding hydrogens is 192 g/mol. The van der Waals surface area contributed by atoms with Crippen LogP contribution in [-0.2, 0) is 4.79 Å². The standard InChI is InChI=1S/C11H20N2O2/c1-12-6-5-8(7-12)10(11(14)15)13(2)9-3-4-9/h8-10H,3-7H2,1-2H3,(H,14,15). The maximum Gasteiger partial charge on any atom is 0.321 e. The van der Waals surface area contributed by atoms with Gasteiger partial charge in [-0.25, -0.2) is 0 Å². The van der Waals surface area contributed by atoms with Gasteiger partial charge in [-0.3, -0.25) is 9.69 Å². The molecule has 2 fully saturated rings. The van der Waals surface area contributed by atoms with E-state index in [9.17, 15) is 9.90 Å². The summed E-state index contributed by atoms with van der Waals surface area (Å²) in [6.07, 6.45) is 3.36. The average Bonchev–Trinajstić information content (AvgIpc) is 2.91. The zero-order valence-electron chi connectivity index (χ0n) is 9.52. The molecule has 0 amide bonds. The molecule has 2 unspecified atom stereocenters. The Morgan fingerprint density at radius 1 is 1.47 bits per heavy atom. The molecular formula is C11H20N2O2. The topological polar surface area (TPSA) is 43.8 Å². The Balaban J connectivity index is 2.01. The molecule has 4 nitrogen and oxygen atoms in total. The first-order chi connectivity index (χ1) is 7.09. The Kier molecular flexibility index (Phi) is 2.98. The van der Waals surface area contributed by atoms with Crippen LogP contribution in [0.1, 0.15) is 19.3 Å². The minimum atomic E-state index is -0.648. The van der Waals surface area contributed by atoms with Crippen LogP contribution in [0.3, 0.4) is 0 Å². The Hall–Kier alpha value is -0.610. The highest BCUT2D eigenvalue weighted by atomic mass is 16.4. The van der Waals surface area contributed by atoms with Gasteiger partial charge in [0.1, 0.15) is 6.04 Å². The van der Waals surface area contributed by atoms with Gasteiger partial charge in [0.15, 0.2) is 0 Å². The molecule has 0 bridgehead atoms. The Labute approximate surface area is 90.9 Å². The summed E-state index contributed by atoms with van der Waals surface area (Å²) in [7, 11) is 4.03. The van der Waals surface area contributed by atoms with Crippen LogP contribution >= 0.6 is 0 Å². The van der Waals surface area contributed by atoms with Gasteiger partial charge in [-0.1, -0.05) is 0 Å². The molecule has 15 heavy (non-hydrogen) atoms. The van der Waals surface area contributed by atoms with Crippen molar-refractivity contribution in [3.05, 3.63) is 0 Å². The molecule has 2 rings (SSSR count). The number of rotatable bonds is 4. The normalized spacial score (nSPS) is 29.7.